The van der Waals surface area contributed by atoms with E-state index >= 15 is 4.57 Å². The van der Waals surface area contributed by atoms with Crippen LogP contribution in [0.2, 0.25) is 0 Å². The lowest BCUT2D eigenvalue weighted by Gasteiger charge is -2.27. The van der Waals surface area contributed by atoms with Crippen LogP contribution < -0.4 is 0 Å². The highest BCUT2D eigenvalue weighted by Gasteiger charge is 2.35. The van der Waals surface area contributed by atoms with Crippen LogP contribution in [0.1, 0.15) is 120 Å². The van der Waals surface area contributed by atoms with Crippen LogP contribution in [0.4, 0.5) is 0 Å². The van der Waals surface area contributed by atoms with Gasteiger partial charge in [-0.1, -0.05) is 100 Å². The van der Waals surface area contributed by atoms with E-state index in [-0.39, 0.29) is 53.0 Å². The summed E-state index contributed by atoms with van der Waals surface area (Å²) in [5.41, 5.74) is 6.85. The Morgan fingerprint density at radius 3 is 1.26 bits per heavy atom. The maximum atomic E-state index is 15.2. The summed E-state index contributed by atoms with van der Waals surface area (Å²) in [5, 5.41) is 0. The van der Waals surface area contributed by atoms with Gasteiger partial charge in [0.25, 0.3) is 0 Å². The summed E-state index contributed by atoms with van der Waals surface area (Å²) >= 11 is 0. The molecule has 0 aliphatic rings. The number of hydrogen-bond acceptors (Lipinski definition) is 5. The predicted molar refractivity (Wildman–Crippen MR) is 205 cm³/mol. The van der Waals surface area contributed by atoms with Crippen LogP contribution in [0, 0.1) is 52.9 Å². The van der Waals surface area contributed by atoms with Crippen LogP contribution in [-0.2, 0) is 4.57 Å². The Balaban J connectivity index is 1.76. The second kappa shape index (κ2) is 15.4. The first-order chi connectivity index (χ1) is 23.3. The fraction of sp³-hybridized carbons (Fsp3) is 0.364. The summed E-state index contributed by atoms with van der Waals surface area (Å²) in [5.74, 6) is -0.986. The van der Waals surface area contributed by atoms with E-state index in [1.165, 1.54) is 0 Å². The maximum Gasteiger partial charge on any atom is 0.193 e. The number of aryl methyl sites for hydroxylation is 4. The Labute approximate surface area is 298 Å². The number of Topliss-reactive ketones (excluding diaryl/α,β-unsaturated/α-hetero) is 2. The summed E-state index contributed by atoms with van der Waals surface area (Å²) in [6.45, 7) is 19.4. The molecule has 4 aromatic rings. The van der Waals surface area contributed by atoms with Gasteiger partial charge in [-0.15, -0.1) is 0 Å². The monoisotopic (exact) mass is 690 g/mol. The van der Waals surface area contributed by atoms with Gasteiger partial charge >= 0.3 is 0 Å². The molecule has 1 unspecified atom stereocenters. The van der Waals surface area contributed by atoms with E-state index in [4.69, 9.17) is 0 Å². The van der Waals surface area contributed by atoms with E-state index < -0.39 is 7.14 Å². The van der Waals surface area contributed by atoms with Gasteiger partial charge in [-0.25, -0.2) is 0 Å². The fourth-order valence-corrected chi connectivity index (χ4v) is 10.9. The molecule has 6 heteroatoms. The van der Waals surface area contributed by atoms with E-state index in [2.05, 4.69) is 20.8 Å². The van der Waals surface area contributed by atoms with Crippen LogP contribution in [0.15, 0.2) is 72.8 Å². The van der Waals surface area contributed by atoms with Crippen molar-refractivity contribution in [3.8, 4) is 0 Å². The lowest BCUT2D eigenvalue weighted by atomic mass is 9.86. The third kappa shape index (κ3) is 8.74. The molecule has 0 fully saturated rings. The lowest BCUT2D eigenvalue weighted by Crippen LogP contribution is -2.23. The third-order valence-electron chi connectivity index (χ3n) is 9.50. The molecule has 4 rings (SSSR count). The zero-order valence-corrected chi connectivity index (χ0v) is 32.2. The van der Waals surface area contributed by atoms with Gasteiger partial charge in [0.15, 0.2) is 23.1 Å². The van der Waals surface area contributed by atoms with Crippen molar-refractivity contribution >= 4 is 30.3 Å². The number of ketones is 4. The number of hydrogen-bond donors (Lipinski definition) is 0. The molecule has 0 radical (unpaired) electrons. The van der Waals surface area contributed by atoms with E-state index in [0.717, 1.165) is 17.5 Å². The van der Waals surface area contributed by atoms with Crippen LogP contribution in [0.3, 0.4) is 0 Å². The lowest BCUT2D eigenvalue weighted by molar-refractivity contribution is 0.101. The molecule has 0 aliphatic carbocycles. The molecule has 0 heterocycles. The van der Waals surface area contributed by atoms with Gasteiger partial charge in [0.05, 0.1) is 12.3 Å². The minimum atomic E-state index is -3.47. The molecule has 5 nitrogen and oxygen atoms in total. The second-order valence-corrected chi connectivity index (χ2v) is 18.5. The van der Waals surface area contributed by atoms with Crippen LogP contribution in [0.5, 0.6) is 0 Å². The van der Waals surface area contributed by atoms with Gasteiger partial charge in [-0.2, -0.15) is 0 Å². The van der Waals surface area contributed by atoms with Gasteiger partial charge in [0.2, 0.25) is 0 Å². The molecule has 1 atom stereocenters. The smallest absolute Gasteiger partial charge is 0.193 e. The highest BCUT2D eigenvalue weighted by atomic mass is 31.2. The van der Waals surface area contributed by atoms with Gasteiger partial charge in [-0.3, -0.25) is 19.2 Å². The number of carbonyl (C=O) groups is 4. The van der Waals surface area contributed by atoms with Crippen LogP contribution in [-0.4, -0.2) is 41.6 Å². The molecule has 0 N–H and O–H groups in total. The largest absolute Gasteiger partial charge is 0.323 e. The van der Waals surface area contributed by atoms with Gasteiger partial charge in [0, 0.05) is 39.5 Å². The Morgan fingerprint density at radius 2 is 0.920 bits per heavy atom. The Kier molecular flexibility index (Phi) is 11.9. The van der Waals surface area contributed by atoms with E-state index in [1.54, 1.807) is 38.1 Å². The standard InChI is InChI=1S/C44H51O5P/c1-27(23-44(8,9)10)24-50(49,25-36(45)38-28(2)21-30(4)40(32(38)6)42(47)34-17-13-11-14-18-34)26-37(46)39-29(3)22-31(5)41(33(39)7)43(48)35-19-15-12-16-20-35/h11-22,27H,23-26H2,1-10H3. The van der Waals surface area contributed by atoms with Crippen molar-refractivity contribution in [1.82, 2.24) is 0 Å². The van der Waals surface area contributed by atoms with Gasteiger partial charge in [0.1, 0.15) is 7.14 Å². The van der Waals surface area contributed by atoms with E-state index in [1.807, 2.05) is 83.1 Å². The minimum Gasteiger partial charge on any atom is -0.323 e. The number of benzene rings is 4. The number of carbonyl (C=O) groups excluding carboxylic acids is 4. The van der Waals surface area contributed by atoms with Crippen molar-refractivity contribution in [3.63, 3.8) is 0 Å². The number of rotatable bonds is 13. The molecule has 0 saturated heterocycles. The topological polar surface area (TPSA) is 85.3 Å². The normalized spacial score (nSPS) is 12.4. The molecular weight excluding hydrogens is 639 g/mol. The van der Waals surface area contributed by atoms with Gasteiger partial charge < -0.3 is 4.57 Å². The SMILES string of the molecule is Cc1cc(C)c(C(=O)c2ccccc2)c(C)c1C(=O)CP(=O)(CC(=O)c1c(C)cc(C)c(C(=O)c2ccccc2)c1C)CC(C)CC(C)(C)C. The van der Waals surface area contributed by atoms with Crippen molar-refractivity contribution in [3.05, 3.63) is 140 Å². The first-order valence-corrected chi connectivity index (χ1v) is 19.6. The molecule has 4 aromatic carbocycles. The first-order valence-electron chi connectivity index (χ1n) is 17.4. The Hall–Kier alpha value is -4.21. The molecule has 0 amide bonds. The third-order valence-corrected chi connectivity index (χ3v) is 12.5. The van der Waals surface area contributed by atoms with Crippen LogP contribution in [0.25, 0.3) is 0 Å². The Morgan fingerprint density at radius 1 is 0.580 bits per heavy atom. The minimum absolute atomic E-state index is 0.00713. The summed E-state index contributed by atoms with van der Waals surface area (Å²) in [7, 11) is -3.47. The molecule has 262 valence electrons. The maximum absolute atomic E-state index is 15.2. The second-order valence-electron chi connectivity index (χ2n) is 15.4. The van der Waals surface area contributed by atoms with Crippen molar-refractivity contribution in [1.29, 1.82) is 0 Å². The van der Waals surface area contributed by atoms with Crippen LogP contribution >= 0.6 is 7.14 Å². The average Bonchev–Trinajstić information content (AvgIpc) is 2.99. The van der Waals surface area contributed by atoms with Crippen molar-refractivity contribution in [2.45, 2.75) is 75.7 Å². The summed E-state index contributed by atoms with van der Waals surface area (Å²) < 4.78 is 15.2. The molecule has 0 spiro atoms. The summed E-state index contributed by atoms with van der Waals surface area (Å²) in [4.78, 5) is 56.0. The molecule has 0 aromatic heterocycles. The predicted octanol–water partition coefficient (Wildman–Crippen LogP) is 10.5. The van der Waals surface area contributed by atoms with Crippen molar-refractivity contribution < 1.29 is 23.7 Å². The highest BCUT2D eigenvalue weighted by Crippen LogP contribution is 2.50. The zero-order valence-electron chi connectivity index (χ0n) is 31.3. The quantitative estimate of drug-likeness (QED) is 0.103. The van der Waals surface area contributed by atoms with Gasteiger partial charge in [-0.05, 0) is 92.7 Å². The molecular formula is C44H51O5P. The van der Waals surface area contributed by atoms with E-state index in [0.29, 0.717) is 55.6 Å². The fourth-order valence-electron chi connectivity index (χ4n) is 7.94. The van der Waals surface area contributed by atoms with Crippen molar-refractivity contribution in [2.24, 2.45) is 11.3 Å². The van der Waals surface area contributed by atoms with Crippen molar-refractivity contribution in [2.75, 3.05) is 18.5 Å². The van der Waals surface area contributed by atoms with E-state index in [9.17, 15) is 19.2 Å². The first kappa shape index (κ1) is 38.6. The molecule has 0 bridgehead atoms. The molecule has 0 aliphatic heterocycles. The Bertz CT molecular complexity index is 1870. The summed E-state index contributed by atoms with van der Waals surface area (Å²) in [6, 6.07) is 21.6. The molecule has 50 heavy (non-hydrogen) atoms. The highest BCUT2D eigenvalue weighted by molar-refractivity contribution is 7.65. The molecule has 0 saturated carbocycles. The zero-order chi connectivity index (χ0) is 37.1. The summed E-state index contributed by atoms with van der Waals surface area (Å²) in [6.07, 6.45) is 0.449. The average molecular weight is 691 g/mol.